The van der Waals surface area contributed by atoms with Crippen LogP contribution in [0.3, 0.4) is 0 Å². The van der Waals surface area contributed by atoms with Crippen LogP contribution in [0.25, 0.3) is 0 Å². The molecule has 0 unspecified atom stereocenters. The molecule has 0 radical (unpaired) electrons. The van der Waals surface area contributed by atoms with Crippen molar-refractivity contribution in [1.82, 2.24) is 0 Å². The van der Waals surface area contributed by atoms with Gasteiger partial charge in [-0.05, 0) is 24.5 Å². The molecule has 5 heteroatoms. The van der Waals surface area contributed by atoms with Gasteiger partial charge in [0.1, 0.15) is 6.10 Å². The van der Waals surface area contributed by atoms with Crippen molar-refractivity contribution in [2.75, 3.05) is 6.61 Å². The van der Waals surface area contributed by atoms with E-state index in [4.69, 9.17) is 14.2 Å². The number of hydrogen-bond donors (Lipinski definition) is 1. The van der Waals surface area contributed by atoms with Crippen LogP contribution in [0.15, 0.2) is 54.6 Å². The van der Waals surface area contributed by atoms with Crippen LogP contribution in [0.5, 0.6) is 0 Å². The Kier molecular flexibility index (Phi) is 7.06. The van der Waals surface area contributed by atoms with E-state index in [9.17, 15) is 9.90 Å². The number of aryl methyl sites for hydroxylation is 1. The van der Waals surface area contributed by atoms with Crippen molar-refractivity contribution in [3.63, 3.8) is 0 Å². The zero-order valence-corrected chi connectivity index (χ0v) is 17.3. The van der Waals surface area contributed by atoms with E-state index in [1.165, 1.54) is 12.5 Å². The second-order valence-electron chi connectivity index (χ2n) is 8.19. The van der Waals surface area contributed by atoms with Crippen LogP contribution in [0.2, 0.25) is 0 Å². The van der Waals surface area contributed by atoms with Gasteiger partial charge in [-0.1, -0.05) is 67.1 Å². The van der Waals surface area contributed by atoms with Gasteiger partial charge in [-0.25, -0.2) is 0 Å². The number of benzene rings is 2. The monoisotopic (exact) mass is 398 g/mol. The van der Waals surface area contributed by atoms with E-state index in [2.05, 4.69) is 0 Å². The maximum Gasteiger partial charge on any atom is 0.303 e. The lowest BCUT2D eigenvalue weighted by atomic mass is 9.87. The molecule has 0 aliphatic heterocycles. The molecule has 156 valence electrons. The van der Waals surface area contributed by atoms with E-state index in [0.29, 0.717) is 26.2 Å². The Morgan fingerprint density at radius 1 is 1.07 bits per heavy atom. The molecule has 1 aliphatic carbocycles. The van der Waals surface area contributed by atoms with Crippen molar-refractivity contribution in [3.8, 4) is 0 Å². The van der Waals surface area contributed by atoms with E-state index in [1.807, 2.05) is 68.4 Å². The standard InChI is InChI=1S/C24H30O5/c1-17-9-11-20(12-10-17)15-28-21-13-24(3,23(26)22(21)29-18(2)25)16-27-14-19-7-5-4-6-8-19/h4-12,21-23,26H,13-16H2,1-3H3/t21-,22-,23+,24-/m0/s1. The van der Waals surface area contributed by atoms with Crippen molar-refractivity contribution in [1.29, 1.82) is 0 Å². The molecule has 1 aliphatic rings. The predicted octanol–water partition coefficient (Wildman–Crippen LogP) is 3.80. The number of aliphatic hydroxyl groups is 1. The van der Waals surface area contributed by atoms with Gasteiger partial charge in [0.25, 0.3) is 0 Å². The Morgan fingerprint density at radius 3 is 2.38 bits per heavy atom. The number of rotatable bonds is 8. The van der Waals surface area contributed by atoms with Crippen LogP contribution in [0.4, 0.5) is 0 Å². The summed E-state index contributed by atoms with van der Waals surface area (Å²) in [5.74, 6) is -0.424. The Morgan fingerprint density at radius 2 is 1.72 bits per heavy atom. The van der Waals surface area contributed by atoms with Crippen molar-refractivity contribution < 1.29 is 24.1 Å². The summed E-state index contributed by atoms with van der Waals surface area (Å²) in [6.07, 6.45) is -1.40. The summed E-state index contributed by atoms with van der Waals surface area (Å²) in [6.45, 7) is 6.56. The number of aliphatic hydroxyl groups excluding tert-OH is 1. The van der Waals surface area contributed by atoms with Gasteiger partial charge >= 0.3 is 5.97 Å². The third kappa shape index (κ3) is 5.66. The van der Waals surface area contributed by atoms with Gasteiger partial charge in [0.05, 0.1) is 25.9 Å². The van der Waals surface area contributed by atoms with Gasteiger partial charge in [-0.3, -0.25) is 4.79 Å². The summed E-state index contributed by atoms with van der Waals surface area (Å²) in [5, 5.41) is 10.9. The van der Waals surface area contributed by atoms with Crippen molar-refractivity contribution in [2.45, 2.75) is 58.7 Å². The second-order valence-corrected chi connectivity index (χ2v) is 8.19. The highest BCUT2D eigenvalue weighted by Crippen LogP contribution is 2.42. The SMILES string of the molecule is CC(=O)O[C@H]1[C@@H](OCc2ccc(C)cc2)C[C@@](C)(COCc2ccccc2)[C@@H]1O. The third-order valence-electron chi connectivity index (χ3n) is 5.49. The van der Waals surface area contributed by atoms with E-state index < -0.39 is 23.6 Å². The Labute approximate surface area is 172 Å². The first-order valence-electron chi connectivity index (χ1n) is 10.0. The number of ether oxygens (including phenoxy) is 3. The van der Waals surface area contributed by atoms with Gasteiger partial charge in [0.2, 0.25) is 0 Å². The molecule has 0 saturated heterocycles. The molecule has 1 fully saturated rings. The largest absolute Gasteiger partial charge is 0.457 e. The van der Waals surface area contributed by atoms with Gasteiger partial charge in [0.15, 0.2) is 6.10 Å². The maximum atomic E-state index is 11.6. The fourth-order valence-electron chi connectivity index (χ4n) is 3.79. The molecule has 0 amide bonds. The first-order chi connectivity index (χ1) is 13.9. The van der Waals surface area contributed by atoms with Crippen molar-refractivity contribution >= 4 is 5.97 Å². The molecular formula is C24H30O5. The molecular weight excluding hydrogens is 368 g/mol. The molecule has 29 heavy (non-hydrogen) atoms. The third-order valence-corrected chi connectivity index (χ3v) is 5.49. The zero-order valence-electron chi connectivity index (χ0n) is 17.3. The molecule has 2 aromatic rings. The molecule has 0 spiro atoms. The summed E-state index contributed by atoms with van der Waals surface area (Å²) in [7, 11) is 0. The topological polar surface area (TPSA) is 65.0 Å². The minimum atomic E-state index is -0.856. The highest BCUT2D eigenvalue weighted by atomic mass is 16.6. The number of hydrogen-bond acceptors (Lipinski definition) is 5. The molecule has 1 saturated carbocycles. The van der Waals surface area contributed by atoms with Gasteiger partial charge in [-0.15, -0.1) is 0 Å². The first-order valence-corrected chi connectivity index (χ1v) is 10.0. The zero-order chi connectivity index (χ0) is 20.9. The molecule has 1 N–H and O–H groups in total. The van der Waals surface area contributed by atoms with Gasteiger partial charge in [-0.2, -0.15) is 0 Å². The average molecular weight is 398 g/mol. The van der Waals surface area contributed by atoms with Crippen LogP contribution < -0.4 is 0 Å². The minimum absolute atomic E-state index is 0.352. The van der Waals surface area contributed by atoms with Crippen LogP contribution in [-0.2, 0) is 32.2 Å². The van der Waals surface area contributed by atoms with E-state index >= 15 is 0 Å². The van der Waals surface area contributed by atoms with Crippen molar-refractivity contribution in [3.05, 3.63) is 71.3 Å². The molecule has 5 nitrogen and oxygen atoms in total. The molecule has 0 bridgehead atoms. The number of esters is 1. The molecule has 2 aromatic carbocycles. The summed E-state index contributed by atoms with van der Waals surface area (Å²) in [5.41, 5.74) is 2.74. The van der Waals surface area contributed by atoms with Crippen molar-refractivity contribution in [2.24, 2.45) is 5.41 Å². The van der Waals surface area contributed by atoms with E-state index in [0.717, 1.165) is 11.1 Å². The second kappa shape index (κ2) is 9.53. The van der Waals surface area contributed by atoms with Crippen LogP contribution >= 0.6 is 0 Å². The Balaban J connectivity index is 1.63. The van der Waals surface area contributed by atoms with Crippen LogP contribution in [0, 0.1) is 12.3 Å². The minimum Gasteiger partial charge on any atom is -0.457 e. The summed E-state index contributed by atoms with van der Waals surface area (Å²) in [6, 6.07) is 18.0. The predicted molar refractivity (Wildman–Crippen MR) is 110 cm³/mol. The van der Waals surface area contributed by atoms with E-state index in [-0.39, 0.29) is 6.10 Å². The summed E-state index contributed by atoms with van der Waals surface area (Å²) < 4.78 is 17.4. The molecule has 0 heterocycles. The van der Waals surface area contributed by atoms with Gasteiger partial charge < -0.3 is 19.3 Å². The molecule has 3 rings (SSSR count). The average Bonchev–Trinajstić information content (AvgIpc) is 2.93. The molecule has 0 aromatic heterocycles. The highest BCUT2D eigenvalue weighted by molar-refractivity contribution is 5.66. The fraction of sp³-hybridized carbons (Fsp3) is 0.458. The first kappa shape index (κ1) is 21.5. The summed E-state index contributed by atoms with van der Waals surface area (Å²) >= 11 is 0. The Hall–Kier alpha value is -2.21. The fourth-order valence-corrected chi connectivity index (χ4v) is 3.79. The normalized spacial score (nSPS) is 26.4. The van der Waals surface area contributed by atoms with Crippen LogP contribution in [0.1, 0.15) is 37.0 Å². The maximum absolute atomic E-state index is 11.6. The smallest absolute Gasteiger partial charge is 0.303 e. The van der Waals surface area contributed by atoms with Gasteiger partial charge in [0, 0.05) is 12.3 Å². The lowest BCUT2D eigenvalue weighted by Gasteiger charge is -2.29. The lowest BCUT2D eigenvalue weighted by Crippen LogP contribution is -2.40. The number of carbonyl (C=O) groups excluding carboxylic acids is 1. The number of carbonyl (C=O) groups is 1. The Bertz CT molecular complexity index is 789. The molecule has 4 atom stereocenters. The lowest BCUT2D eigenvalue weighted by molar-refractivity contribution is -0.162. The van der Waals surface area contributed by atoms with E-state index in [1.54, 1.807) is 0 Å². The summed E-state index contributed by atoms with van der Waals surface area (Å²) in [4.78, 5) is 11.6. The van der Waals surface area contributed by atoms with Crippen LogP contribution in [-0.4, -0.2) is 36.0 Å². The quantitative estimate of drug-likeness (QED) is 0.685. The highest BCUT2D eigenvalue weighted by Gasteiger charge is 2.53.